The summed E-state index contributed by atoms with van der Waals surface area (Å²) in [4.78, 5) is 15.5. The van der Waals surface area contributed by atoms with Crippen LogP contribution in [0.4, 0.5) is 5.00 Å². The Morgan fingerprint density at radius 2 is 1.62 bits per heavy atom. The van der Waals surface area contributed by atoms with E-state index in [1.54, 1.807) is 23.5 Å². The van der Waals surface area contributed by atoms with E-state index in [9.17, 15) is 4.79 Å². The van der Waals surface area contributed by atoms with Gasteiger partial charge in [0.2, 0.25) is 0 Å². The van der Waals surface area contributed by atoms with Crippen LogP contribution < -0.4 is 10.3 Å². The van der Waals surface area contributed by atoms with Crippen molar-refractivity contribution in [2.24, 2.45) is 0 Å². The van der Waals surface area contributed by atoms with E-state index in [0.29, 0.717) is 13.2 Å². The Kier molecular flexibility index (Phi) is 5.07. The first-order valence-corrected chi connectivity index (χ1v) is 9.73. The normalized spacial score (nSPS) is 14.4. The van der Waals surface area contributed by atoms with Crippen molar-refractivity contribution < 1.29 is 4.74 Å². The lowest BCUT2D eigenvalue weighted by atomic mass is 10.0. The Bertz CT molecular complexity index is 962. The second kappa shape index (κ2) is 7.62. The Morgan fingerprint density at radius 3 is 2.38 bits per heavy atom. The zero-order chi connectivity index (χ0) is 17.9. The van der Waals surface area contributed by atoms with Crippen LogP contribution in [0, 0.1) is 0 Å². The first-order valence-electron chi connectivity index (χ1n) is 8.53. The molecule has 3 nitrogen and oxygen atoms in total. The largest absolute Gasteiger partial charge is 0.378 e. The van der Waals surface area contributed by atoms with Gasteiger partial charge in [0.25, 0.3) is 0 Å². The highest BCUT2D eigenvalue weighted by molar-refractivity contribution is 7.19. The Labute approximate surface area is 161 Å². The molecule has 1 saturated heterocycles. The van der Waals surface area contributed by atoms with Crippen LogP contribution in [-0.4, -0.2) is 26.3 Å². The maximum atomic E-state index is 12.3. The highest BCUT2D eigenvalue weighted by Crippen LogP contribution is 2.32. The molecule has 0 amide bonds. The number of halogens is 1. The molecule has 0 atom stereocenters. The van der Waals surface area contributed by atoms with Crippen LogP contribution in [0.15, 0.2) is 65.5 Å². The van der Waals surface area contributed by atoms with Crippen LogP contribution in [0.25, 0.3) is 21.6 Å². The van der Waals surface area contributed by atoms with E-state index in [1.807, 2.05) is 36.4 Å². The van der Waals surface area contributed by atoms with E-state index in [4.69, 9.17) is 16.3 Å². The topological polar surface area (TPSA) is 29.5 Å². The van der Waals surface area contributed by atoms with E-state index >= 15 is 0 Å². The Morgan fingerprint density at radius 1 is 0.885 bits per heavy atom. The van der Waals surface area contributed by atoms with Gasteiger partial charge >= 0.3 is 0 Å². The third kappa shape index (κ3) is 3.83. The molecule has 2 heterocycles. The Hall–Kier alpha value is -2.14. The van der Waals surface area contributed by atoms with Crippen molar-refractivity contribution in [3.05, 3.63) is 75.9 Å². The average Bonchev–Trinajstić information content (AvgIpc) is 2.69. The average molecular weight is 384 g/mol. The van der Waals surface area contributed by atoms with Crippen LogP contribution >= 0.6 is 22.9 Å². The van der Waals surface area contributed by atoms with Crippen LogP contribution in [0.1, 0.15) is 0 Å². The molecular formula is C21H18ClNO2S. The van der Waals surface area contributed by atoms with Crippen LogP contribution in [0.3, 0.4) is 0 Å². The zero-order valence-corrected chi connectivity index (χ0v) is 15.7. The van der Waals surface area contributed by atoms with E-state index in [1.165, 1.54) is 0 Å². The van der Waals surface area contributed by atoms with Crippen LogP contribution in [0.2, 0.25) is 5.02 Å². The summed E-state index contributed by atoms with van der Waals surface area (Å²) in [6, 6.07) is 19.5. The molecule has 5 heteroatoms. The predicted octanol–water partition coefficient (Wildman–Crippen LogP) is 4.93. The lowest BCUT2D eigenvalue weighted by molar-refractivity contribution is 0.123. The van der Waals surface area contributed by atoms with Gasteiger partial charge in [0.1, 0.15) is 0 Å². The molecule has 2 aromatic carbocycles. The van der Waals surface area contributed by atoms with Gasteiger partial charge in [0.15, 0.2) is 5.43 Å². The SMILES string of the molecule is O=c1cc(-c2cccc(-c3ccc(Cl)cc3)c2)sc(N2CCOCC2)c1. The maximum Gasteiger partial charge on any atom is 0.182 e. The van der Waals surface area contributed by atoms with Gasteiger partial charge in [-0.1, -0.05) is 41.9 Å². The van der Waals surface area contributed by atoms with Crippen molar-refractivity contribution in [3.63, 3.8) is 0 Å². The lowest BCUT2D eigenvalue weighted by Gasteiger charge is -2.28. The molecule has 0 unspecified atom stereocenters. The Balaban J connectivity index is 1.71. The second-order valence-corrected chi connectivity index (χ2v) is 7.68. The molecule has 0 spiro atoms. The van der Waals surface area contributed by atoms with Crippen molar-refractivity contribution in [1.29, 1.82) is 0 Å². The number of anilines is 1. The molecule has 1 fully saturated rings. The van der Waals surface area contributed by atoms with Crippen molar-refractivity contribution >= 4 is 27.9 Å². The number of rotatable bonds is 3. The standard InChI is InChI=1S/C21H18ClNO2S/c22-18-6-4-15(5-7-18)16-2-1-3-17(12-16)20-13-19(24)14-21(26-20)23-8-10-25-11-9-23/h1-7,12-14H,8-11H2. The van der Waals surface area contributed by atoms with Crippen molar-refractivity contribution in [3.8, 4) is 21.6 Å². The van der Waals surface area contributed by atoms with Gasteiger partial charge in [-0.3, -0.25) is 4.79 Å². The van der Waals surface area contributed by atoms with E-state index < -0.39 is 0 Å². The first-order chi connectivity index (χ1) is 12.7. The molecule has 0 saturated carbocycles. The fraction of sp³-hybridized carbons (Fsp3) is 0.190. The molecule has 0 radical (unpaired) electrons. The highest BCUT2D eigenvalue weighted by atomic mass is 35.5. The van der Waals surface area contributed by atoms with E-state index in [2.05, 4.69) is 17.0 Å². The molecule has 0 aliphatic carbocycles. The summed E-state index contributed by atoms with van der Waals surface area (Å²) in [5.41, 5.74) is 3.30. The summed E-state index contributed by atoms with van der Waals surface area (Å²) >= 11 is 7.64. The summed E-state index contributed by atoms with van der Waals surface area (Å²) in [5, 5.41) is 1.73. The number of morpholine rings is 1. The minimum atomic E-state index is 0.0390. The molecular weight excluding hydrogens is 366 g/mol. The van der Waals surface area contributed by atoms with Crippen molar-refractivity contribution in [1.82, 2.24) is 0 Å². The monoisotopic (exact) mass is 383 g/mol. The first kappa shape index (κ1) is 17.3. The fourth-order valence-corrected chi connectivity index (χ4v) is 4.30. The molecule has 1 aliphatic rings. The van der Waals surface area contributed by atoms with E-state index in [0.717, 1.165) is 44.7 Å². The summed E-state index contributed by atoms with van der Waals surface area (Å²) in [7, 11) is 0. The molecule has 1 aliphatic heterocycles. The molecule has 0 bridgehead atoms. The summed E-state index contributed by atoms with van der Waals surface area (Å²) in [6.45, 7) is 3.06. The molecule has 1 aromatic heterocycles. The zero-order valence-electron chi connectivity index (χ0n) is 14.2. The summed E-state index contributed by atoms with van der Waals surface area (Å²) in [6.07, 6.45) is 0. The van der Waals surface area contributed by atoms with Crippen molar-refractivity contribution in [2.45, 2.75) is 0 Å². The number of hydrogen-bond acceptors (Lipinski definition) is 4. The molecule has 0 N–H and O–H groups in total. The molecule has 132 valence electrons. The van der Waals surface area contributed by atoms with Crippen LogP contribution in [-0.2, 0) is 4.74 Å². The fourth-order valence-electron chi connectivity index (χ4n) is 3.04. The molecule has 26 heavy (non-hydrogen) atoms. The van der Waals surface area contributed by atoms with Crippen molar-refractivity contribution in [2.75, 3.05) is 31.2 Å². The minimum absolute atomic E-state index is 0.0390. The summed E-state index contributed by atoms with van der Waals surface area (Å²) in [5.74, 6) is 0. The third-order valence-corrected chi connectivity index (χ3v) is 5.81. The maximum absolute atomic E-state index is 12.3. The lowest BCUT2D eigenvalue weighted by Crippen LogP contribution is -2.36. The summed E-state index contributed by atoms with van der Waals surface area (Å²) < 4.78 is 5.41. The van der Waals surface area contributed by atoms with E-state index in [-0.39, 0.29) is 5.43 Å². The molecule has 3 aromatic rings. The number of nitrogens with zero attached hydrogens (tertiary/aromatic N) is 1. The second-order valence-electron chi connectivity index (χ2n) is 6.18. The highest BCUT2D eigenvalue weighted by Gasteiger charge is 2.14. The van der Waals surface area contributed by atoms with Gasteiger partial charge < -0.3 is 9.64 Å². The quantitative estimate of drug-likeness (QED) is 0.642. The van der Waals surface area contributed by atoms with Gasteiger partial charge in [-0.15, -0.1) is 11.3 Å². The smallest absolute Gasteiger partial charge is 0.182 e. The molecule has 4 rings (SSSR count). The predicted molar refractivity (Wildman–Crippen MR) is 110 cm³/mol. The van der Waals surface area contributed by atoms with Gasteiger partial charge in [0.05, 0.1) is 18.2 Å². The van der Waals surface area contributed by atoms with Gasteiger partial charge in [-0.25, -0.2) is 0 Å². The third-order valence-electron chi connectivity index (χ3n) is 4.40. The van der Waals surface area contributed by atoms with Crippen LogP contribution in [0.5, 0.6) is 0 Å². The minimum Gasteiger partial charge on any atom is -0.378 e. The van der Waals surface area contributed by atoms with Gasteiger partial charge in [-0.05, 0) is 34.9 Å². The number of hydrogen-bond donors (Lipinski definition) is 0. The van der Waals surface area contributed by atoms with Gasteiger partial charge in [0, 0.05) is 35.1 Å². The number of benzene rings is 2. The number of ether oxygens (including phenoxy) is 1. The van der Waals surface area contributed by atoms with Gasteiger partial charge in [-0.2, -0.15) is 0 Å².